The number of hydrogen-bond acceptors (Lipinski definition) is 5. The van der Waals surface area contributed by atoms with Crippen molar-refractivity contribution in [1.29, 1.82) is 0 Å². The summed E-state index contributed by atoms with van der Waals surface area (Å²) in [6.45, 7) is 0.396. The highest BCUT2D eigenvalue weighted by Crippen LogP contribution is 1.91. The third-order valence-corrected chi connectivity index (χ3v) is 1.18. The summed E-state index contributed by atoms with van der Waals surface area (Å²) in [7, 11) is 0. The minimum atomic E-state index is -0.214. The van der Waals surface area contributed by atoms with Crippen LogP contribution in [-0.2, 0) is 0 Å². The Bertz CT molecular complexity index is 152. The third-order valence-electron chi connectivity index (χ3n) is 1.18. The van der Waals surface area contributed by atoms with Gasteiger partial charge in [0.15, 0.2) is 0 Å². The van der Waals surface area contributed by atoms with Crippen LogP contribution in [0, 0.1) is 0 Å². The first-order chi connectivity index (χ1) is 4.84. The smallest absolute Gasteiger partial charge is 0.111 e. The number of hydrazone groups is 1. The Morgan fingerprint density at radius 2 is 2.50 bits per heavy atom. The van der Waals surface area contributed by atoms with Gasteiger partial charge in [-0.3, -0.25) is 5.01 Å². The number of nitrogens with two attached hydrogens (primary N) is 2. The van der Waals surface area contributed by atoms with Gasteiger partial charge in [-0.05, 0) is 6.08 Å². The van der Waals surface area contributed by atoms with Crippen molar-refractivity contribution in [2.45, 2.75) is 6.17 Å². The van der Waals surface area contributed by atoms with E-state index < -0.39 is 0 Å². The molecule has 1 heterocycles. The molecule has 0 bridgehead atoms. The van der Waals surface area contributed by atoms with Gasteiger partial charge in [0.25, 0.3) is 0 Å². The number of nitrogens with one attached hydrogen (secondary N) is 1. The summed E-state index contributed by atoms with van der Waals surface area (Å²) in [5.74, 6) is 0. The van der Waals surface area contributed by atoms with E-state index in [2.05, 4.69) is 10.6 Å². The molecule has 10 heavy (non-hydrogen) atoms. The van der Waals surface area contributed by atoms with Gasteiger partial charge in [0.2, 0.25) is 0 Å². The van der Waals surface area contributed by atoms with Gasteiger partial charge in [-0.25, -0.2) is 5.53 Å². The van der Waals surface area contributed by atoms with Gasteiger partial charge in [-0.15, -0.1) is 0 Å². The summed E-state index contributed by atoms with van der Waals surface area (Å²) in [6, 6.07) is 0. The van der Waals surface area contributed by atoms with Crippen LogP contribution >= 0.6 is 0 Å². The zero-order valence-electron chi connectivity index (χ0n) is 5.57. The van der Waals surface area contributed by atoms with E-state index in [-0.39, 0.29) is 6.17 Å². The van der Waals surface area contributed by atoms with Crippen LogP contribution in [0.5, 0.6) is 0 Å². The zero-order valence-corrected chi connectivity index (χ0v) is 5.57. The van der Waals surface area contributed by atoms with Crippen molar-refractivity contribution in [2.24, 2.45) is 16.6 Å². The maximum Gasteiger partial charge on any atom is 0.111 e. The molecule has 0 aromatic rings. The van der Waals surface area contributed by atoms with Crippen LogP contribution in [0.15, 0.2) is 17.4 Å². The molecule has 5 N–H and O–H groups in total. The number of nitrogens with zero attached hydrogens (tertiary/aromatic N) is 2. The van der Waals surface area contributed by atoms with Gasteiger partial charge in [0, 0.05) is 12.7 Å². The van der Waals surface area contributed by atoms with Crippen LogP contribution in [0.25, 0.3) is 0 Å². The standard InChI is InChI=1S/C5H11N5/c6-4-5(7)10-3-1-2-8-9-10/h1-3,5,9H,4,6-7H2. The number of allylic oxidation sites excluding steroid dienone is 1. The molecule has 5 heteroatoms. The maximum absolute atomic E-state index is 5.56. The fourth-order valence-electron chi connectivity index (χ4n) is 0.606. The highest BCUT2D eigenvalue weighted by Gasteiger charge is 2.06. The molecular formula is C5H11N5. The van der Waals surface area contributed by atoms with Gasteiger partial charge in [0.1, 0.15) is 6.17 Å². The summed E-state index contributed by atoms with van der Waals surface area (Å²) >= 11 is 0. The summed E-state index contributed by atoms with van der Waals surface area (Å²) in [6.07, 6.45) is 4.99. The highest BCUT2D eigenvalue weighted by molar-refractivity contribution is 5.71. The van der Waals surface area contributed by atoms with E-state index in [1.54, 1.807) is 23.5 Å². The first-order valence-electron chi connectivity index (χ1n) is 3.04. The second kappa shape index (κ2) is 3.19. The topological polar surface area (TPSA) is 79.7 Å². The van der Waals surface area contributed by atoms with Crippen molar-refractivity contribution in [3.05, 3.63) is 12.3 Å². The summed E-state index contributed by atoms with van der Waals surface area (Å²) in [5, 5.41) is 5.40. The second-order valence-electron chi connectivity index (χ2n) is 1.93. The van der Waals surface area contributed by atoms with Crippen LogP contribution in [0.1, 0.15) is 0 Å². The first kappa shape index (κ1) is 7.04. The molecule has 0 fully saturated rings. The molecule has 1 aliphatic rings. The summed E-state index contributed by atoms with van der Waals surface area (Å²) in [5.41, 5.74) is 13.6. The molecule has 0 amide bonds. The van der Waals surface area contributed by atoms with Crippen molar-refractivity contribution in [3.8, 4) is 0 Å². The van der Waals surface area contributed by atoms with Gasteiger partial charge < -0.3 is 11.5 Å². The Kier molecular flexibility index (Phi) is 2.24. The third kappa shape index (κ3) is 1.46. The van der Waals surface area contributed by atoms with Crippen molar-refractivity contribution in [3.63, 3.8) is 0 Å². The molecular weight excluding hydrogens is 130 g/mol. The van der Waals surface area contributed by atoms with E-state index in [9.17, 15) is 0 Å². The molecule has 56 valence electrons. The lowest BCUT2D eigenvalue weighted by molar-refractivity contribution is 0.205. The number of hydrazine groups is 1. The minimum absolute atomic E-state index is 0.214. The molecule has 1 atom stereocenters. The average molecular weight is 141 g/mol. The van der Waals surface area contributed by atoms with Crippen molar-refractivity contribution < 1.29 is 0 Å². The van der Waals surface area contributed by atoms with Gasteiger partial charge >= 0.3 is 0 Å². The van der Waals surface area contributed by atoms with Crippen LogP contribution in [0.4, 0.5) is 0 Å². The van der Waals surface area contributed by atoms with Crippen LogP contribution in [0.3, 0.4) is 0 Å². The van der Waals surface area contributed by atoms with Gasteiger partial charge in [-0.2, -0.15) is 5.10 Å². The fourth-order valence-corrected chi connectivity index (χ4v) is 0.606. The Hall–Kier alpha value is -1.07. The van der Waals surface area contributed by atoms with E-state index >= 15 is 0 Å². The van der Waals surface area contributed by atoms with Crippen molar-refractivity contribution in [2.75, 3.05) is 6.54 Å². The lowest BCUT2D eigenvalue weighted by Gasteiger charge is -2.26. The molecule has 0 aliphatic carbocycles. The Balaban J connectivity index is 2.42. The Morgan fingerprint density at radius 3 is 3.00 bits per heavy atom. The summed E-state index contributed by atoms with van der Waals surface area (Å²) < 4.78 is 0. The predicted molar refractivity (Wildman–Crippen MR) is 39.6 cm³/mol. The second-order valence-corrected chi connectivity index (χ2v) is 1.93. The molecule has 5 nitrogen and oxygen atoms in total. The van der Waals surface area contributed by atoms with Gasteiger partial charge in [0.05, 0.1) is 6.21 Å². The van der Waals surface area contributed by atoms with E-state index in [4.69, 9.17) is 11.5 Å². The molecule has 1 aliphatic heterocycles. The van der Waals surface area contributed by atoms with Crippen molar-refractivity contribution in [1.82, 2.24) is 10.5 Å². The van der Waals surface area contributed by atoms with Gasteiger partial charge in [-0.1, -0.05) is 0 Å². The van der Waals surface area contributed by atoms with E-state index in [1.807, 2.05) is 0 Å². The van der Waals surface area contributed by atoms with Crippen LogP contribution in [0.2, 0.25) is 0 Å². The van der Waals surface area contributed by atoms with E-state index in [1.165, 1.54) is 0 Å². The zero-order chi connectivity index (χ0) is 7.40. The molecule has 0 saturated carbocycles. The number of hydrogen-bond donors (Lipinski definition) is 3. The van der Waals surface area contributed by atoms with E-state index in [0.29, 0.717) is 6.54 Å². The molecule has 1 unspecified atom stereocenters. The molecule has 0 radical (unpaired) electrons. The van der Waals surface area contributed by atoms with Crippen LogP contribution in [-0.4, -0.2) is 23.9 Å². The van der Waals surface area contributed by atoms with E-state index in [0.717, 1.165) is 0 Å². The lowest BCUT2D eigenvalue weighted by atomic mass is 10.5. The predicted octanol–water partition coefficient (Wildman–Crippen LogP) is -1.45. The average Bonchev–Trinajstić information content (AvgIpc) is 2.05. The lowest BCUT2D eigenvalue weighted by Crippen LogP contribution is -2.49. The minimum Gasteiger partial charge on any atom is -0.327 e. The number of rotatable bonds is 2. The molecule has 0 aromatic carbocycles. The summed E-state index contributed by atoms with van der Waals surface area (Å²) in [4.78, 5) is 0. The highest BCUT2D eigenvalue weighted by atomic mass is 15.7. The maximum atomic E-state index is 5.56. The molecule has 1 rings (SSSR count). The Labute approximate surface area is 59.3 Å². The molecule has 0 spiro atoms. The quantitative estimate of drug-likeness (QED) is 0.439. The SMILES string of the molecule is NCC(N)N1C=CC=NN1. The molecule has 0 aromatic heterocycles. The van der Waals surface area contributed by atoms with Crippen molar-refractivity contribution >= 4 is 6.21 Å². The first-order valence-corrected chi connectivity index (χ1v) is 3.04. The largest absolute Gasteiger partial charge is 0.327 e. The normalized spacial score (nSPS) is 18.8. The monoisotopic (exact) mass is 141 g/mol. The Morgan fingerprint density at radius 1 is 1.70 bits per heavy atom. The molecule has 0 saturated heterocycles. The van der Waals surface area contributed by atoms with Crippen LogP contribution < -0.4 is 17.0 Å². The fraction of sp³-hybridized carbons (Fsp3) is 0.400.